The molecule has 7 nitrogen and oxygen atoms in total. The zero-order chi connectivity index (χ0) is 24.8. The maximum absolute atomic E-state index is 13.2. The van der Waals surface area contributed by atoms with Crippen LogP contribution in [-0.4, -0.2) is 72.6 Å². The number of nitrogens with zero attached hydrogens (tertiary/aromatic N) is 2. The number of ketones is 1. The van der Waals surface area contributed by atoms with Gasteiger partial charge in [0.2, 0.25) is 0 Å². The van der Waals surface area contributed by atoms with E-state index < -0.39 is 17.7 Å². The molecular formula is C27H29ClN2O5. The van der Waals surface area contributed by atoms with Crippen LogP contribution in [0.5, 0.6) is 5.75 Å². The molecule has 2 aromatic rings. The number of hydrogen-bond donors (Lipinski definition) is 1. The number of hydrogen-bond acceptors (Lipinski definition) is 6. The third-order valence-corrected chi connectivity index (χ3v) is 6.45. The summed E-state index contributed by atoms with van der Waals surface area (Å²) in [5.74, 6) is -0.872. The fourth-order valence-electron chi connectivity index (χ4n) is 4.41. The average molecular weight is 497 g/mol. The molecule has 1 atom stereocenters. The molecule has 2 fully saturated rings. The van der Waals surface area contributed by atoms with E-state index in [1.165, 1.54) is 0 Å². The van der Waals surface area contributed by atoms with E-state index in [0.717, 1.165) is 25.2 Å². The molecule has 0 aliphatic carbocycles. The minimum Gasteiger partial charge on any atom is -0.507 e. The number of Topliss-reactive ketones (excluding diaryl/α,β-unsaturated/α-hetero) is 1. The number of ether oxygens (including phenoxy) is 2. The molecule has 2 aliphatic rings. The van der Waals surface area contributed by atoms with E-state index in [2.05, 4.69) is 11.5 Å². The number of amides is 1. The summed E-state index contributed by atoms with van der Waals surface area (Å²) in [6.45, 7) is 8.31. The molecule has 1 amide bonds. The van der Waals surface area contributed by atoms with Crippen LogP contribution in [0.4, 0.5) is 0 Å². The lowest BCUT2D eigenvalue weighted by Gasteiger charge is -2.29. The van der Waals surface area contributed by atoms with E-state index in [4.69, 9.17) is 21.1 Å². The summed E-state index contributed by atoms with van der Waals surface area (Å²) in [7, 11) is 0. The molecule has 35 heavy (non-hydrogen) atoms. The molecule has 4 rings (SSSR count). The van der Waals surface area contributed by atoms with Gasteiger partial charge < -0.3 is 19.5 Å². The van der Waals surface area contributed by atoms with Crippen molar-refractivity contribution in [1.82, 2.24) is 9.80 Å². The Morgan fingerprint density at radius 3 is 2.43 bits per heavy atom. The molecule has 0 radical (unpaired) electrons. The number of morpholine rings is 1. The number of benzene rings is 2. The lowest BCUT2D eigenvalue weighted by molar-refractivity contribution is -0.140. The molecule has 0 aromatic heterocycles. The van der Waals surface area contributed by atoms with E-state index in [0.29, 0.717) is 49.1 Å². The van der Waals surface area contributed by atoms with Gasteiger partial charge >= 0.3 is 0 Å². The van der Waals surface area contributed by atoms with Gasteiger partial charge in [-0.2, -0.15) is 0 Å². The molecular weight excluding hydrogens is 468 g/mol. The zero-order valence-corrected chi connectivity index (χ0v) is 20.2. The topological polar surface area (TPSA) is 79.3 Å². The minimum atomic E-state index is -0.705. The largest absolute Gasteiger partial charge is 0.507 e. The highest BCUT2D eigenvalue weighted by Gasteiger charge is 2.45. The van der Waals surface area contributed by atoms with Gasteiger partial charge in [0.15, 0.2) is 0 Å². The molecule has 2 saturated heterocycles. The third kappa shape index (κ3) is 5.75. The van der Waals surface area contributed by atoms with Gasteiger partial charge in [0.25, 0.3) is 11.7 Å². The molecule has 8 heteroatoms. The SMILES string of the molecule is C=CCOc1ccc([C@@H]2C(=C(O)c3ccc(Cl)cc3)C(=O)C(=O)N2CCCN2CCOCC2)cc1. The van der Waals surface area contributed by atoms with Crippen LogP contribution in [0.1, 0.15) is 23.6 Å². The molecule has 0 bridgehead atoms. The summed E-state index contributed by atoms with van der Waals surface area (Å²) < 4.78 is 11.0. The normalized spacial score (nSPS) is 20.3. The van der Waals surface area contributed by atoms with Gasteiger partial charge in [0.1, 0.15) is 18.1 Å². The Hall–Kier alpha value is -3.13. The Morgan fingerprint density at radius 1 is 1.09 bits per heavy atom. The first kappa shape index (κ1) is 25.0. The van der Waals surface area contributed by atoms with Crippen LogP contribution in [0.15, 0.2) is 66.8 Å². The number of aliphatic hydroxyl groups is 1. The molecule has 2 heterocycles. The molecule has 0 spiro atoms. The van der Waals surface area contributed by atoms with Gasteiger partial charge in [-0.1, -0.05) is 36.4 Å². The van der Waals surface area contributed by atoms with Crippen molar-refractivity contribution in [1.29, 1.82) is 0 Å². The van der Waals surface area contributed by atoms with Crippen LogP contribution in [0.2, 0.25) is 5.02 Å². The van der Waals surface area contributed by atoms with Crippen molar-refractivity contribution in [2.75, 3.05) is 46.0 Å². The Bertz CT molecular complexity index is 1090. The lowest BCUT2D eigenvalue weighted by atomic mass is 9.95. The number of likely N-dealkylation sites (tertiary alicyclic amines) is 1. The first-order valence-electron chi connectivity index (χ1n) is 11.7. The molecule has 2 aromatic carbocycles. The number of halogens is 1. The molecule has 2 aliphatic heterocycles. The molecule has 0 unspecified atom stereocenters. The molecule has 0 saturated carbocycles. The Kier molecular flexibility index (Phi) is 8.23. The maximum Gasteiger partial charge on any atom is 0.295 e. The second kappa shape index (κ2) is 11.5. The van der Waals surface area contributed by atoms with E-state index in [1.807, 2.05) is 12.1 Å². The Balaban J connectivity index is 1.65. The highest BCUT2D eigenvalue weighted by molar-refractivity contribution is 6.46. The zero-order valence-electron chi connectivity index (χ0n) is 19.5. The highest BCUT2D eigenvalue weighted by Crippen LogP contribution is 2.40. The number of carbonyl (C=O) groups excluding carboxylic acids is 2. The summed E-state index contributed by atoms with van der Waals surface area (Å²) in [5.41, 5.74) is 1.22. The van der Waals surface area contributed by atoms with Gasteiger partial charge in [-0.3, -0.25) is 14.5 Å². The van der Waals surface area contributed by atoms with E-state index in [9.17, 15) is 14.7 Å². The van der Waals surface area contributed by atoms with Crippen molar-refractivity contribution >= 4 is 29.1 Å². The van der Waals surface area contributed by atoms with Crippen molar-refractivity contribution in [2.24, 2.45) is 0 Å². The first-order valence-corrected chi connectivity index (χ1v) is 12.1. The molecule has 184 valence electrons. The summed E-state index contributed by atoms with van der Waals surface area (Å²) in [4.78, 5) is 30.1. The van der Waals surface area contributed by atoms with Crippen LogP contribution >= 0.6 is 11.6 Å². The quantitative estimate of drug-likeness (QED) is 0.244. The fourth-order valence-corrected chi connectivity index (χ4v) is 4.54. The lowest BCUT2D eigenvalue weighted by Crippen LogP contribution is -2.38. The average Bonchev–Trinajstić information content (AvgIpc) is 3.13. The Labute approximate surface area is 210 Å². The van der Waals surface area contributed by atoms with Crippen LogP contribution in [0, 0.1) is 0 Å². The second-order valence-corrected chi connectivity index (χ2v) is 8.91. The van der Waals surface area contributed by atoms with Crippen LogP contribution < -0.4 is 4.74 Å². The molecule has 1 N–H and O–H groups in total. The monoisotopic (exact) mass is 496 g/mol. The first-order chi connectivity index (χ1) is 17.0. The maximum atomic E-state index is 13.2. The summed E-state index contributed by atoms with van der Waals surface area (Å²) in [6, 6.07) is 13.0. The number of aliphatic hydroxyl groups excluding tert-OH is 1. The van der Waals surface area contributed by atoms with E-state index in [1.54, 1.807) is 47.4 Å². The van der Waals surface area contributed by atoms with Crippen molar-refractivity contribution < 1.29 is 24.2 Å². The minimum absolute atomic E-state index is 0.0726. The van der Waals surface area contributed by atoms with Crippen molar-refractivity contribution in [3.05, 3.63) is 82.9 Å². The van der Waals surface area contributed by atoms with Crippen LogP contribution in [0.25, 0.3) is 5.76 Å². The van der Waals surface area contributed by atoms with Gasteiger partial charge in [0.05, 0.1) is 24.8 Å². The van der Waals surface area contributed by atoms with Gasteiger partial charge in [-0.15, -0.1) is 0 Å². The summed E-state index contributed by atoms with van der Waals surface area (Å²) >= 11 is 5.99. The van der Waals surface area contributed by atoms with E-state index >= 15 is 0 Å². The van der Waals surface area contributed by atoms with Crippen molar-refractivity contribution in [2.45, 2.75) is 12.5 Å². The standard InChI is InChI=1S/C27H29ClN2O5/c1-2-16-35-22-10-6-19(7-11-22)24-23(25(31)20-4-8-21(28)9-5-20)26(32)27(33)30(24)13-3-12-29-14-17-34-18-15-29/h2,4-11,24,31H,1,3,12-18H2/t24-/m1/s1. The summed E-state index contributed by atoms with van der Waals surface area (Å²) in [6.07, 6.45) is 2.36. The second-order valence-electron chi connectivity index (χ2n) is 8.48. The van der Waals surface area contributed by atoms with Crippen LogP contribution in [0.3, 0.4) is 0 Å². The number of rotatable bonds is 9. The van der Waals surface area contributed by atoms with Crippen LogP contribution in [-0.2, 0) is 14.3 Å². The Morgan fingerprint density at radius 2 is 1.77 bits per heavy atom. The predicted molar refractivity (Wildman–Crippen MR) is 134 cm³/mol. The van der Waals surface area contributed by atoms with E-state index in [-0.39, 0.29) is 11.3 Å². The van der Waals surface area contributed by atoms with Gasteiger partial charge in [-0.25, -0.2) is 0 Å². The predicted octanol–water partition coefficient (Wildman–Crippen LogP) is 4.05. The van der Waals surface area contributed by atoms with Crippen molar-refractivity contribution in [3.8, 4) is 5.75 Å². The third-order valence-electron chi connectivity index (χ3n) is 6.20. The fraction of sp³-hybridized carbons (Fsp3) is 0.333. The van der Waals surface area contributed by atoms with Gasteiger partial charge in [0, 0.05) is 36.8 Å². The highest BCUT2D eigenvalue weighted by atomic mass is 35.5. The number of carbonyl (C=O) groups is 2. The van der Waals surface area contributed by atoms with Gasteiger partial charge in [-0.05, 0) is 48.4 Å². The summed E-state index contributed by atoms with van der Waals surface area (Å²) in [5, 5.41) is 11.6. The van der Waals surface area contributed by atoms with Crippen molar-refractivity contribution in [3.63, 3.8) is 0 Å². The smallest absolute Gasteiger partial charge is 0.295 e.